The minimum Gasteiger partial charge on any atom is -0.497 e. The summed E-state index contributed by atoms with van der Waals surface area (Å²) in [6, 6.07) is 5.69. The Morgan fingerprint density at radius 1 is 1.15 bits per heavy atom. The van der Waals surface area contributed by atoms with Gasteiger partial charge < -0.3 is 4.74 Å². The Hall–Kier alpha value is -1.64. The van der Waals surface area contributed by atoms with Gasteiger partial charge in [-0.1, -0.05) is 34.1 Å². The van der Waals surface area contributed by atoms with Crippen LogP contribution in [0.4, 0.5) is 0 Å². The van der Waals surface area contributed by atoms with E-state index in [-0.39, 0.29) is 40.2 Å². The van der Waals surface area contributed by atoms with Crippen LogP contribution in [-0.4, -0.2) is 18.7 Å². The zero-order chi connectivity index (χ0) is 19.3. The number of carbonyl (C=O) groups is 2. The number of hydrogen-bond donors (Lipinski definition) is 0. The molecule has 0 amide bonds. The second kappa shape index (κ2) is 6.51. The first-order valence-corrected chi connectivity index (χ1v) is 9.83. The van der Waals surface area contributed by atoms with Gasteiger partial charge in [0.05, 0.1) is 7.11 Å². The van der Waals surface area contributed by atoms with Gasteiger partial charge in [0.2, 0.25) is 0 Å². The number of fused-ring (bicyclic) bond motifs is 1. The molecule has 4 atom stereocenters. The molecule has 1 aromatic rings. The van der Waals surface area contributed by atoms with Crippen molar-refractivity contribution in [2.45, 2.75) is 60.3 Å². The van der Waals surface area contributed by atoms with Crippen LogP contribution in [0.2, 0.25) is 0 Å². The normalized spacial score (nSPS) is 33.5. The van der Waals surface area contributed by atoms with E-state index in [1.54, 1.807) is 7.11 Å². The maximum atomic E-state index is 13.6. The van der Waals surface area contributed by atoms with Gasteiger partial charge in [0.1, 0.15) is 11.5 Å². The molecule has 3 nitrogen and oxygen atoms in total. The molecule has 0 N–H and O–H groups in total. The fraction of sp³-hybridized carbons (Fsp3) is 0.652. The number of rotatable bonds is 3. The first-order chi connectivity index (χ1) is 12.1. The average Bonchev–Trinajstić information content (AvgIpc) is 2.56. The van der Waals surface area contributed by atoms with Crippen LogP contribution in [0.5, 0.6) is 5.75 Å². The van der Waals surface area contributed by atoms with Crippen molar-refractivity contribution in [1.29, 1.82) is 0 Å². The molecule has 142 valence electrons. The first kappa shape index (κ1) is 19.1. The highest BCUT2D eigenvalue weighted by molar-refractivity contribution is 6.02. The SMILES string of the molecule is COc1cc(C)cc(C(=O)C2C(C)C(=O)CC3C(C)(C)CCCC23C)c1. The molecule has 0 spiro atoms. The molecule has 0 bridgehead atoms. The molecule has 3 heteroatoms. The van der Waals surface area contributed by atoms with Crippen LogP contribution in [0.1, 0.15) is 69.3 Å². The number of carbonyl (C=O) groups excluding carboxylic acids is 2. The van der Waals surface area contributed by atoms with E-state index in [9.17, 15) is 9.59 Å². The molecular weight excluding hydrogens is 324 g/mol. The summed E-state index contributed by atoms with van der Waals surface area (Å²) in [6.45, 7) is 10.7. The van der Waals surface area contributed by atoms with Crippen molar-refractivity contribution in [3.8, 4) is 5.75 Å². The number of aryl methyl sites for hydroxylation is 1. The third-order valence-corrected chi connectivity index (χ3v) is 7.25. The second-order valence-electron chi connectivity index (χ2n) is 9.44. The Bertz CT molecular complexity index is 733. The Balaban J connectivity index is 2.07. The lowest BCUT2D eigenvalue weighted by atomic mass is 9.45. The lowest BCUT2D eigenvalue weighted by molar-refractivity contribution is -0.143. The summed E-state index contributed by atoms with van der Waals surface area (Å²) in [5.41, 5.74) is 1.67. The Morgan fingerprint density at radius 2 is 1.85 bits per heavy atom. The molecule has 0 radical (unpaired) electrons. The number of ether oxygens (including phenoxy) is 1. The van der Waals surface area contributed by atoms with E-state index in [2.05, 4.69) is 20.8 Å². The van der Waals surface area contributed by atoms with Gasteiger partial charge in [0, 0.05) is 23.8 Å². The van der Waals surface area contributed by atoms with Gasteiger partial charge in [-0.3, -0.25) is 9.59 Å². The molecule has 0 heterocycles. The molecule has 1 aromatic carbocycles. The van der Waals surface area contributed by atoms with Crippen molar-refractivity contribution in [3.63, 3.8) is 0 Å². The third kappa shape index (κ3) is 3.00. The third-order valence-electron chi connectivity index (χ3n) is 7.25. The molecule has 4 unspecified atom stereocenters. The molecule has 2 aliphatic carbocycles. The summed E-state index contributed by atoms with van der Waals surface area (Å²) in [6.07, 6.45) is 3.90. The number of hydrogen-bond acceptors (Lipinski definition) is 3. The van der Waals surface area contributed by atoms with Gasteiger partial charge in [0.25, 0.3) is 0 Å². The Morgan fingerprint density at radius 3 is 2.50 bits per heavy atom. The molecule has 0 aromatic heterocycles. The maximum absolute atomic E-state index is 13.6. The van der Waals surface area contributed by atoms with E-state index in [4.69, 9.17) is 4.74 Å². The van der Waals surface area contributed by atoms with Crippen molar-refractivity contribution in [2.75, 3.05) is 7.11 Å². The summed E-state index contributed by atoms with van der Waals surface area (Å²) >= 11 is 0. The van der Waals surface area contributed by atoms with Gasteiger partial charge in [-0.05, 0) is 60.3 Å². The van der Waals surface area contributed by atoms with Crippen LogP contribution >= 0.6 is 0 Å². The average molecular weight is 357 g/mol. The monoisotopic (exact) mass is 356 g/mol. The Labute approximate surface area is 157 Å². The predicted octanol–water partition coefficient (Wildman–Crippen LogP) is 5.24. The van der Waals surface area contributed by atoms with E-state index >= 15 is 0 Å². The summed E-state index contributed by atoms with van der Waals surface area (Å²) in [5, 5.41) is 0. The molecule has 3 rings (SSSR count). The van der Waals surface area contributed by atoms with Crippen molar-refractivity contribution in [3.05, 3.63) is 29.3 Å². The van der Waals surface area contributed by atoms with Crippen LogP contribution in [0.3, 0.4) is 0 Å². The molecule has 2 aliphatic rings. The van der Waals surface area contributed by atoms with Gasteiger partial charge in [-0.25, -0.2) is 0 Å². The molecule has 0 aliphatic heterocycles. The Kier molecular flexibility index (Phi) is 4.79. The maximum Gasteiger partial charge on any atom is 0.167 e. The highest BCUT2D eigenvalue weighted by Gasteiger charge is 2.58. The lowest BCUT2D eigenvalue weighted by Gasteiger charge is -2.57. The van der Waals surface area contributed by atoms with E-state index in [0.29, 0.717) is 17.7 Å². The standard InChI is InChI=1S/C23H32O3/c1-14-10-16(12-17(11-14)26-6)21(25)20-15(2)18(24)13-19-22(3,4)8-7-9-23(19,20)5/h10-12,15,19-20H,7-9,13H2,1-6H3. The minimum atomic E-state index is -0.250. The zero-order valence-corrected chi connectivity index (χ0v) is 17.0. The minimum absolute atomic E-state index is 0.103. The fourth-order valence-corrected chi connectivity index (χ4v) is 5.91. The second-order valence-corrected chi connectivity index (χ2v) is 9.44. The van der Waals surface area contributed by atoms with Gasteiger partial charge in [-0.15, -0.1) is 0 Å². The zero-order valence-electron chi connectivity index (χ0n) is 17.0. The first-order valence-electron chi connectivity index (χ1n) is 9.83. The number of Topliss-reactive ketones (excluding diaryl/α,β-unsaturated/α-hetero) is 2. The summed E-state index contributed by atoms with van der Waals surface area (Å²) in [4.78, 5) is 26.5. The van der Waals surface area contributed by atoms with Gasteiger partial charge in [0.15, 0.2) is 5.78 Å². The molecule has 2 fully saturated rings. The van der Waals surface area contributed by atoms with Crippen LogP contribution in [0.15, 0.2) is 18.2 Å². The van der Waals surface area contributed by atoms with Crippen LogP contribution in [0.25, 0.3) is 0 Å². The summed E-state index contributed by atoms with van der Waals surface area (Å²) in [7, 11) is 1.62. The highest BCUT2D eigenvalue weighted by Crippen LogP contribution is 2.60. The lowest BCUT2D eigenvalue weighted by Crippen LogP contribution is -2.56. The predicted molar refractivity (Wildman–Crippen MR) is 104 cm³/mol. The number of benzene rings is 1. The van der Waals surface area contributed by atoms with Gasteiger partial charge >= 0.3 is 0 Å². The fourth-order valence-electron chi connectivity index (χ4n) is 5.91. The van der Waals surface area contributed by atoms with Crippen molar-refractivity contribution in [2.24, 2.45) is 28.6 Å². The number of ketones is 2. The van der Waals surface area contributed by atoms with E-state index in [0.717, 1.165) is 24.8 Å². The highest BCUT2D eigenvalue weighted by atomic mass is 16.5. The largest absolute Gasteiger partial charge is 0.497 e. The molecular formula is C23H32O3. The van der Waals surface area contributed by atoms with Crippen molar-refractivity contribution >= 4 is 11.6 Å². The van der Waals surface area contributed by atoms with E-state index < -0.39 is 0 Å². The number of methoxy groups -OCH3 is 1. The smallest absolute Gasteiger partial charge is 0.167 e. The molecule has 26 heavy (non-hydrogen) atoms. The van der Waals surface area contributed by atoms with Crippen molar-refractivity contribution in [1.82, 2.24) is 0 Å². The van der Waals surface area contributed by atoms with E-state index in [1.807, 2.05) is 32.0 Å². The quantitative estimate of drug-likeness (QED) is 0.695. The van der Waals surface area contributed by atoms with Crippen LogP contribution < -0.4 is 4.74 Å². The molecule has 0 saturated heterocycles. The van der Waals surface area contributed by atoms with E-state index in [1.165, 1.54) is 0 Å². The summed E-state index contributed by atoms with van der Waals surface area (Å²) in [5.74, 6) is 0.865. The van der Waals surface area contributed by atoms with Crippen molar-refractivity contribution < 1.29 is 14.3 Å². The molecule has 2 saturated carbocycles. The summed E-state index contributed by atoms with van der Waals surface area (Å²) < 4.78 is 5.37. The van der Waals surface area contributed by atoms with Gasteiger partial charge in [-0.2, -0.15) is 0 Å². The van der Waals surface area contributed by atoms with Crippen LogP contribution in [0, 0.1) is 35.5 Å². The van der Waals surface area contributed by atoms with Crippen LogP contribution in [-0.2, 0) is 4.79 Å². The topological polar surface area (TPSA) is 43.4 Å².